The molecule has 0 aliphatic carbocycles. The monoisotopic (exact) mass is 259 g/mol. The molecule has 0 unspecified atom stereocenters. The van der Waals surface area contributed by atoms with Gasteiger partial charge in [-0.1, -0.05) is 18.2 Å². The van der Waals surface area contributed by atoms with Crippen molar-refractivity contribution in [2.24, 2.45) is 5.73 Å². The minimum atomic E-state index is -0.972. The van der Waals surface area contributed by atoms with Crippen LogP contribution >= 0.6 is 0 Å². The van der Waals surface area contributed by atoms with E-state index in [0.717, 1.165) is 16.5 Å². The molecule has 1 aromatic heterocycles. The summed E-state index contributed by atoms with van der Waals surface area (Å²) in [5, 5.41) is 9.75. The van der Waals surface area contributed by atoms with E-state index in [9.17, 15) is 4.79 Å². The smallest absolute Gasteiger partial charge is 0.320 e. The number of carbonyl (C=O) groups is 1. The summed E-state index contributed by atoms with van der Waals surface area (Å²) >= 11 is 0. The fraction of sp³-hybridized carbons (Fsp3) is 0.182. The van der Waals surface area contributed by atoms with Gasteiger partial charge in [0.25, 0.3) is 0 Å². The normalized spacial score (nSPS) is 12.1. The first kappa shape index (κ1) is 12.8. The molecule has 0 aliphatic rings. The van der Waals surface area contributed by atoms with Crippen molar-refractivity contribution in [2.45, 2.75) is 12.5 Å². The molecule has 0 amide bonds. The van der Waals surface area contributed by atoms with Crippen LogP contribution in [0.3, 0.4) is 0 Å². The molecule has 0 saturated heterocycles. The molecule has 0 bridgehead atoms. The molecule has 4 nitrogen and oxygen atoms in total. The molecule has 85 valence electrons. The molecule has 16 heavy (non-hydrogen) atoms. The maximum Gasteiger partial charge on any atom is 0.320 e. The van der Waals surface area contributed by atoms with Crippen molar-refractivity contribution in [1.29, 1.82) is 0 Å². The van der Waals surface area contributed by atoms with Gasteiger partial charge in [0, 0.05) is 40.6 Å². The molecule has 5 heteroatoms. The average molecular weight is 259 g/mol. The van der Waals surface area contributed by atoms with Gasteiger partial charge in [0.1, 0.15) is 6.04 Å². The van der Waals surface area contributed by atoms with Gasteiger partial charge < -0.3 is 15.8 Å². The molecule has 2 rings (SSSR count). The maximum atomic E-state index is 10.6. The number of carboxylic acids is 1. The first-order valence-corrected chi connectivity index (χ1v) is 4.72. The Balaban J connectivity index is 0.00000128. The first-order valence-electron chi connectivity index (χ1n) is 4.72. The van der Waals surface area contributed by atoms with Gasteiger partial charge in [-0.15, -0.1) is 0 Å². The quantitative estimate of drug-likeness (QED) is 0.723. The zero-order valence-electron chi connectivity index (χ0n) is 8.48. The zero-order chi connectivity index (χ0) is 10.8. The number of carboxylic acid groups (broad SMARTS) is 1. The van der Waals surface area contributed by atoms with E-state index < -0.39 is 12.0 Å². The van der Waals surface area contributed by atoms with Crippen molar-refractivity contribution in [1.82, 2.24) is 4.98 Å². The van der Waals surface area contributed by atoms with Crippen molar-refractivity contribution < 1.29 is 27.0 Å². The third kappa shape index (κ3) is 2.44. The maximum absolute atomic E-state index is 10.6. The second kappa shape index (κ2) is 5.16. The van der Waals surface area contributed by atoms with Gasteiger partial charge in [-0.3, -0.25) is 4.79 Å². The van der Waals surface area contributed by atoms with E-state index in [1.54, 1.807) is 0 Å². The Morgan fingerprint density at radius 2 is 2.12 bits per heavy atom. The summed E-state index contributed by atoms with van der Waals surface area (Å²) in [6.07, 6.45) is 2.16. The Bertz CT molecular complexity index is 495. The van der Waals surface area contributed by atoms with Gasteiger partial charge in [0.15, 0.2) is 0 Å². The summed E-state index contributed by atoms with van der Waals surface area (Å²) in [4.78, 5) is 13.7. The number of para-hydroxylation sites is 1. The predicted octanol–water partition coefficient (Wildman–Crippen LogP) is 1.12. The van der Waals surface area contributed by atoms with E-state index in [1.807, 2.05) is 30.5 Å². The van der Waals surface area contributed by atoms with Crippen LogP contribution in [0.1, 0.15) is 5.56 Å². The van der Waals surface area contributed by atoms with E-state index in [2.05, 4.69) is 4.98 Å². The van der Waals surface area contributed by atoms with E-state index in [1.165, 1.54) is 0 Å². The molecule has 0 spiro atoms. The van der Waals surface area contributed by atoms with Gasteiger partial charge in [0.05, 0.1) is 0 Å². The van der Waals surface area contributed by atoms with Crippen LogP contribution in [0, 0.1) is 0 Å². The largest absolute Gasteiger partial charge is 0.480 e. The topological polar surface area (TPSA) is 79.1 Å². The molecule has 0 aliphatic heterocycles. The van der Waals surface area contributed by atoms with Crippen molar-refractivity contribution in [3.8, 4) is 0 Å². The van der Waals surface area contributed by atoms with Crippen LogP contribution in [-0.2, 0) is 28.3 Å². The Kier molecular flexibility index (Phi) is 4.12. The number of hydrogen-bond donors (Lipinski definition) is 3. The Morgan fingerprint density at radius 3 is 2.81 bits per heavy atom. The minimum absolute atomic E-state index is 0. The van der Waals surface area contributed by atoms with Gasteiger partial charge in [-0.05, 0) is 11.6 Å². The van der Waals surface area contributed by atoms with Gasteiger partial charge in [0.2, 0.25) is 0 Å². The van der Waals surface area contributed by atoms with E-state index in [-0.39, 0.29) is 17.1 Å². The van der Waals surface area contributed by atoms with E-state index in [0.29, 0.717) is 6.42 Å². The van der Waals surface area contributed by atoms with Crippen LogP contribution in [0.25, 0.3) is 10.9 Å². The van der Waals surface area contributed by atoms with Crippen LogP contribution < -0.4 is 5.73 Å². The molecule has 4 N–H and O–H groups in total. The van der Waals surface area contributed by atoms with Gasteiger partial charge in [-0.25, -0.2) is 0 Å². The second-order valence-corrected chi connectivity index (χ2v) is 3.51. The van der Waals surface area contributed by atoms with Gasteiger partial charge in [-0.2, -0.15) is 0 Å². The summed E-state index contributed by atoms with van der Waals surface area (Å²) in [6, 6.07) is 6.91. The number of nitrogens with two attached hydrogens (primary N) is 1. The summed E-state index contributed by atoms with van der Waals surface area (Å²) in [7, 11) is 0. The standard InChI is InChI=1S/C11H12N2O2.Mn/c12-9(11(14)15)5-7-6-13-10-4-2-1-3-8(7)10;/h1-4,6,9,13H,5,12H2,(H,14,15);/t9-;/m0./s1. The van der Waals surface area contributed by atoms with Gasteiger partial charge >= 0.3 is 5.97 Å². The number of fused-ring (bicyclic) bond motifs is 1. The van der Waals surface area contributed by atoms with Crippen LogP contribution in [-0.4, -0.2) is 22.1 Å². The number of aromatic amines is 1. The fourth-order valence-electron chi connectivity index (χ4n) is 1.62. The predicted molar refractivity (Wildman–Crippen MR) is 57.6 cm³/mol. The zero-order valence-corrected chi connectivity index (χ0v) is 9.66. The van der Waals surface area contributed by atoms with Crippen LogP contribution in [0.2, 0.25) is 0 Å². The second-order valence-electron chi connectivity index (χ2n) is 3.51. The summed E-state index contributed by atoms with van der Waals surface area (Å²) in [5.74, 6) is -0.972. The SMILES string of the molecule is N[C@@H](Cc1c[nH]c2ccccc12)C(=O)O.[Mn]. The first-order chi connectivity index (χ1) is 7.18. The fourth-order valence-corrected chi connectivity index (χ4v) is 1.62. The Morgan fingerprint density at radius 1 is 1.44 bits per heavy atom. The van der Waals surface area contributed by atoms with E-state index in [4.69, 9.17) is 10.8 Å². The Hall–Kier alpha value is -1.29. The third-order valence-electron chi connectivity index (χ3n) is 2.43. The number of aliphatic carboxylic acids is 1. The molecular weight excluding hydrogens is 247 g/mol. The van der Waals surface area contributed by atoms with Crippen LogP contribution in [0.15, 0.2) is 30.5 Å². The molecular formula is C11H12MnN2O2. The third-order valence-corrected chi connectivity index (χ3v) is 2.43. The molecule has 1 atom stereocenters. The number of H-pyrrole nitrogens is 1. The number of aromatic nitrogens is 1. The van der Waals surface area contributed by atoms with Crippen molar-refractivity contribution in [3.63, 3.8) is 0 Å². The summed E-state index contributed by atoms with van der Waals surface area (Å²) < 4.78 is 0. The molecule has 0 saturated carbocycles. The number of rotatable bonds is 3. The van der Waals surface area contributed by atoms with Crippen molar-refractivity contribution in [3.05, 3.63) is 36.0 Å². The van der Waals surface area contributed by atoms with E-state index >= 15 is 0 Å². The van der Waals surface area contributed by atoms with Crippen LogP contribution in [0.5, 0.6) is 0 Å². The number of nitrogens with one attached hydrogen (secondary N) is 1. The molecule has 2 aromatic rings. The Labute approximate surface area is 103 Å². The summed E-state index contributed by atoms with van der Waals surface area (Å²) in [5.41, 5.74) is 7.43. The molecule has 0 fully saturated rings. The summed E-state index contributed by atoms with van der Waals surface area (Å²) in [6.45, 7) is 0. The number of hydrogen-bond acceptors (Lipinski definition) is 2. The van der Waals surface area contributed by atoms with Crippen molar-refractivity contribution in [2.75, 3.05) is 0 Å². The average Bonchev–Trinajstić information content (AvgIpc) is 2.62. The van der Waals surface area contributed by atoms with Crippen molar-refractivity contribution >= 4 is 16.9 Å². The molecule has 1 heterocycles. The minimum Gasteiger partial charge on any atom is -0.480 e. The molecule has 1 aromatic carbocycles. The number of benzene rings is 1. The molecule has 1 radical (unpaired) electrons. The van der Waals surface area contributed by atoms with Crippen LogP contribution in [0.4, 0.5) is 0 Å².